The van der Waals surface area contributed by atoms with Crippen LogP contribution in [0.3, 0.4) is 0 Å². The highest BCUT2D eigenvalue weighted by Gasteiger charge is 2.33. The molecule has 4 heteroatoms. The molecule has 2 aromatic heterocycles. The van der Waals surface area contributed by atoms with Crippen LogP contribution in [0.2, 0.25) is 0 Å². The summed E-state index contributed by atoms with van der Waals surface area (Å²) in [6.45, 7) is 8.29. The molecule has 3 heterocycles. The number of anilines is 1. The number of hydrogen-bond donors (Lipinski definition) is 0. The summed E-state index contributed by atoms with van der Waals surface area (Å²) in [5, 5.41) is 7.08. The Morgan fingerprint density at radius 1 is 0.694 bits per heavy atom. The number of hydrogen-bond acceptors (Lipinski definition) is 4. The zero-order valence-corrected chi connectivity index (χ0v) is 34.8. The van der Waals surface area contributed by atoms with Crippen molar-refractivity contribution in [3.05, 3.63) is 248 Å². The molecule has 1 aliphatic carbocycles. The molecule has 2 aliphatic rings. The lowest BCUT2D eigenvalue weighted by Gasteiger charge is -2.23. The first kappa shape index (κ1) is 37.3. The molecular formula is C58H41NO2S. The van der Waals surface area contributed by atoms with Gasteiger partial charge in [-0.2, -0.15) is 0 Å². The Balaban J connectivity index is 1.00. The minimum absolute atomic E-state index is 0.0263. The van der Waals surface area contributed by atoms with E-state index in [4.69, 9.17) is 9.15 Å². The summed E-state index contributed by atoms with van der Waals surface area (Å²) in [6.07, 6.45) is 23.3. The Bertz CT molecular complexity index is 3440. The van der Waals surface area contributed by atoms with E-state index in [9.17, 15) is 0 Å². The number of ether oxygens (including phenoxy) is 1. The Morgan fingerprint density at radius 2 is 1.48 bits per heavy atom. The van der Waals surface area contributed by atoms with Crippen molar-refractivity contribution >= 4 is 87.1 Å². The molecule has 2 atom stereocenters. The Morgan fingerprint density at radius 3 is 2.35 bits per heavy atom. The zero-order chi connectivity index (χ0) is 41.6. The highest BCUT2D eigenvalue weighted by Crippen LogP contribution is 2.44. The van der Waals surface area contributed by atoms with Gasteiger partial charge < -0.3 is 14.1 Å². The number of para-hydroxylation sites is 1. The van der Waals surface area contributed by atoms with Crippen LogP contribution in [-0.2, 0) is 0 Å². The summed E-state index contributed by atoms with van der Waals surface area (Å²) in [5.41, 5.74) is 10.6. The Labute approximate surface area is 364 Å². The fourth-order valence-electron chi connectivity index (χ4n) is 8.96. The van der Waals surface area contributed by atoms with Crippen LogP contribution in [0.4, 0.5) is 5.69 Å². The molecule has 3 nitrogen and oxygen atoms in total. The third kappa shape index (κ3) is 6.71. The fourth-order valence-corrected chi connectivity index (χ4v) is 10.2. The number of furan rings is 1. The van der Waals surface area contributed by atoms with Gasteiger partial charge in [0.1, 0.15) is 23.0 Å². The second-order valence-electron chi connectivity index (χ2n) is 15.7. The van der Waals surface area contributed by atoms with Crippen LogP contribution in [0.25, 0.3) is 70.1 Å². The highest BCUT2D eigenvalue weighted by molar-refractivity contribution is 7.26. The zero-order valence-electron chi connectivity index (χ0n) is 33.9. The lowest BCUT2D eigenvalue weighted by Crippen LogP contribution is -2.17. The molecule has 0 amide bonds. The molecule has 1 aliphatic heterocycles. The topological polar surface area (TPSA) is 25.6 Å². The van der Waals surface area contributed by atoms with Crippen molar-refractivity contribution in [3.63, 3.8) is 0 Å². The third-order valence-electron chi connectivity index (χ3n) is 12.0. The number of allylic oxidation sites excluding steroid dienone is 9. The summed E-state index contributed by atoms with van der Waals surface area (Å²) in [7, 11) is 0. The van der Waals surface area contributed by atoms with Gasteiger partial charge in [-0.05, 0) is 111 Å². The van der Waals surface area contributed by atoms with Crippen molar-refractivity contribution in [2.75, 3.05) is 4.90 Å². The molecule has 0 fully saturated rings. The van der Waals surface area contributed by atoms with Crippen molar-refractivity contribution in [1.29, 1.82) is 0 Å². The quantitative estimate of drug-likeness (QED) is 0.129. The first-order chi connectivity index (χ1) is 30.6. The largest absolute Gasteiger partial charge is 0.485 e. The van der Waals surface area contributed by atoms with E-state index in [1.165, 1.54) is 42.3 Å². The standard InChI is InChI=1S/C58H41NO2S/c1-3-5-17-45(33-38-24-30-54-50(34-38)52-35-41-14-6-7-15-42(41)37-56(52)61-54)59(32-13-16-39(4-2)46-20-12-21-49-48-19-9-11-23-57(48)62-58(46)49)44-28-25-40(26-29-44)43-27-31-55-51(36-43)47-18-8-10-22-53(47)60-55/h3-37,51,55H,1-2H2/b17-5-,32-13+,39-16+,45-33-. The fraction of sp³-hybridized carbons (Fsp3) is 0.0345. The number of nitrogens with zero attached hydrogens (tertiary/aromatic N) is 1. The van der Waals surface area contributed by atoms with Crippen LogP contribution in [0.5, 0.6) is 5.75 Å². The van der Waals surface area contributed by atoms with Crippen molar-refractivity contribution in [2.45, 2.75) is 12.0 Å². The van der Waals surface area contributed by atoms with Crippen LogP contribution >= 0.6 is 11.3 Å². The lowest BCUT2D eigenvalue weighted by atomic mass is 9.87. The molecule has 0 spiro atoms. The van der Waals surface area contributed by atoms with Gasteiger partial charge in [0.15, 0.2) is 0 Å². The lowest BCUT2D eigenvalue weighted by molar-refractivity contribution is 0.269. The van der Waals surface area contributed by atoms with Gasteiger partial charge in [-0.3, -0.25) is 0 Å². The SMILES string of the molecule is C=C/C=C\C(=C\c1ccc2oc3cc4ccccc4cc3c2c1)N(/C=C/C=C(\C=C)c1cccc2c1sc1ccccc12)c1ccc(C2=CC3c4ccccc4OC3C=C2)cc1. The van der Waals surface area contributed by atoms with E-state index in [0.29, 0.717) is 0 Å². The number of fused-ring (bicyclic) bond motifs is 10. The van der Waals surface area contributed by atoms with E-state index >= 15 is 0 Å². The molecule has 0 saturated heterocycles. The van der Waals surface area contributed by atoms with Gasteiger partial charge in [-0.1, -0.05) is 147 Å². The maximum absolute atomic E-state index is 6.37. The van der Waals surface area contributed by atoms with Crippen molar-refractivity contribution in [2.24, 2.45) is 0 Å². The molecule has 0 N–H and O–H groups in total. The molecule has 11 rings (SSSR count). The number of rotatable bonds is 10. The van der Waals surface area contributed by atoms with E-state index < -0.39 is 0 Å². The number of benzene rings is 7. The maximum atomic E-state index is 6.37. The first-order valence-electron chi connectivity index (χ1n) is 20.9. The predicted molar refractivity (Wildman–Crippen MR) is 265 cm³/mol. The van der Waals surface area contributed by atoms with Gasteiger partial charge in [0, 0.05) is 60.0 Å². The Kier molecular flexibility index (Phi) is 9.48. The Hall–Kier alpha value is -7.66. The monoisotopic (exact) mass is 815 g/mol. The second kappa shape index (κ2) is 15.7. The summed E-state index contributed by atoms with van der Waals surface area (Å²) < 4.78 is 15.2. The average molecular weight is 816 g/mol. The van der Waals surface area contributed by atoms with E-state index in [2.05, 4.69) is 206 Å². The van der Waals surface area contributed by atoms with Crippen LogP contribution in [0.1, 0.15) is 28.2 Å². The first-order valence-corrected chi connectivity index (χ1v) is 21.8. The molecule has 62 heavy (non-hydrogen) atoms. The minimum atomic E-state index is 0.0263. The molecule has 9 aromatic rings. The van der Waals surface area contributed by atoms with Crippen LogP contribution in [0, 0.1) is 0 Å². The molecule has 7 aromatic carbocycles. The number of thiophene rings is 1. The van der Waals surface area contributed by atoms with E-state index in [1.807, 2.05) is 35.6 Å². The minimum Gasteiger partial charge on any atom is -0.485 e. The summed E-state index contributed by atoms with van der Waals surface area (Å²) in [4.78, 5) is 2.23. The summed E-state index contributed by atoms with van der Waals surface area (Å²) in [6, 6.07) is 51.6. The van der Waals surface area contributed by atoms with Gasteiger partial charge in [0.05, 0.1) is 0 Å². The summed E-state index contributed by atoms with van der Waals surface area (Å²) >= 11 is 1.83. The maximum Gasteiger partial charge on any atom is 0.136 e. The van der Waals surface area contributed by atoms with Gasteiger partial charge in [-0.25, -0.2) is 0 Å². The predicted octanol–water partition coefficient (Wildman–Crippen LogP) is 16.0. The molecule has 296 valence electrons. The van der Waals surface area contributed by atoms with Crippen LogP contribution in [-0.4, -0.2) is 6.10 Å². The smallest absolute Gasteiger partial charge is 0.136 e. The second-order valence-corrected chi connectivity index (χ2v) is 16.8. The molecule has 0 saturated carbocycles. The molecule has 2 unspecified atom stereocenters. The molecule has 0 bridgehead atoms. The van der Waals surface area contributed by atoms with Gasteiger partial charge in [0.2, 0.25) is 0 Å². The van der Waals surface area contributed by atoms with Crippen molar-refractivity contribution in [1.82, 2.24) is 0 Å². The van der Waals surface area contributed by atoms with Crippen molar-refractivity contribution in [3.8, 4) is 5.75 Å². The van der Waals surface area contributed by atoms with E-state index in [1.54, 1.807) is 0 Å². The molecule has 0 radical (unpaired) electrons. The van der Waals surface area contributed by atoms with Crippen LogP contribution < -0.4 is 9.64 Å². The molecular weight excluding hydrogens is 775 g/mol. The normalized spacial score (nSPS) is 16.4. The van der Waals surface area contributed by atoms with E-state index in [-0.39, 0.29) is 12.0 Å². The summed E-state index contributed by atoms with van der Waals surface area (Å²) in [5.74, 6) is 1.16. The van der Waals surface area contributed by atoms with Crippen molar-refractivity contribution < 1.29 is 9.15 Å². The highest BCUT2D eigenvalue weighted by atomic mass is 32.1. The van der Waals surface area contributed by atoms with Gasteiger partial charge in [-0.15, -0.1) is 11.3 Å². The average Bonchev–Trinajstić information content (AvgIpc) is 4.00. The van der Waals surface area contributed by atoms with E-state index in [0.717, 1.165) is 61.2 Å². The van der Waals surface area contributed by atoms with Crippen LogP contribution in [0.15, 0.2) is 230 Å². The third-order valence-corrected chi connectivity index (χ3v) is 13.2. The van der Waals surface area contributed by atoms with Gasteiger partial charge >= 0.3 is 0 Å². The van der Waals surface area contributed by atoms with Gasteiger partial charge in [0.25, 0.3) is 0 Å².